The molecule has 0 saturated heterocycles. The number of aliphatic carboxylic acids is 1. The van der Waals surface area contributed by atoms with Crippen LogP contribution in [0.1, 0.15) is 38.4 Å². The number of thiophene rings is 1. The molecule has 1 aliphatic carbocycles. The Kier molecular flexibility index (Phi) is 5.58. The first kappa shape index (κ1) is 18.7. The number of primary amides is 1. The molecule has 2 rings (SSSR count). The molecule has 0 spiro atoms. The van der Waals surface area contributed by atoms with Crippen LogP contribution in [-0.4, -0.2) is 30.9 Å². The monoisotopic (exact) mass is 365 g/mol. The zero-order chi connectivity index (χ0) is 18.7. The van der Waals surface area contributed by atoms with E-state index in [9.17, 15) is 24.3 Å². The van der Waals surface area contributed by atoms with Crippen molar-refractivity contribution in [3.05, 3.63) is 28.2 Å². The minimum absolute atomic E-state index is 0.0333. The normalized spacial score (nSPS) is 19.3. The molecule has 0 radical (unpaired) electrons. The molecule has 1 aromatic heterocycles. The molecule has 0 fully saturated rings. The molecule has 9 heteroatoms. The van der Waals surface area contributed by atoms with E-state index in [4.69, 9.17) is 5.73 Å². The number of nitrogens with two attached hydrogens (primary N) is 1. The van der Waals surface area contributed by atoms with Gasteiger partial charge in [-0.25, -0.2) is 4.79 Å². The highest BCUT2D eigenvalue weighted by molar-refractivity contribution is 7.18. The topological polar surface area (TPSA) is 139 Å². The van der Waals surface area contributed by atoms with E-state index < -0.39 is 35.6 Å². The average Bonchev–Trinajstić information content (AvgIpc) is 2.90. The lowest BCUT2D eigenvalue weighted by Crippen LogP contribution is -2.41. The van der Waals surface area contributed by atoms with E-state index in [0.717, 1.165) is 11.3 Å². The van der Waals surface area contributed by atoms with E-state index in [1.165, 1.54) is 14.0 Å². The van der Waals surface area contributed by atoms with Crippen molar-refractivity contribution in [3.8, 4) is 0 Å². The molecule has 1 aromatic rings. The van der Waals surface area contributed by atoms with Gasteiger partial charge in [0.25, 0.3) is 5.91 Å². The highest BCUT2D eigenvalue weighted by Crippen LogP contribution is 2.35. The summed E-state index contributed by atoms with van der Waals surface area (Å²) < 4.78 is 4.69. The number of esters is 1. The summed E-state index contributed by atoms with van der Waals surface area (Å²) in [5.41, 5.74) is 5.62. The van der Waals surface area contributed by atoms with Crippen molar-refractivity contribution in [1.82, 2.24) is 0 Å². The van der Waals surface area contributed by atoms with Crippen molar-refractivity contribution in [1.29, 1.82) is 0 Å². The van der Waals surface area contributed by atoms with E-state index in [2.05, 4.69) is 10.1 Å². The van der Waals surface area contributed by atoms with Gasteiger partial charge in [-0.05, 0) is 25.3 Å². The summed E-state index contributed by atoms with van der Waals surface area (Å²) in [6.07, 6.45) is 3.84. The Hall–Kier alpha value is -2.68. The number of nitrogens with one attached hydrogen (secondary N) is 1. The second-order valence-electron chi connectivity index (χ2n) is 5.58. The number of carbonyl (C=O) groups is 4. The van der Waals surface area contributed by atoms with Crippen LogP contribution in [0.5, 0.6) is 0 Å². The van der Waals surface area contributed by atoms with Gasteiger partial charge < -0.3 is 25.7 Å². The first-order valence-electron chi connectivity index (χ1n) is 7.46. The van der Waals surface area contributed by atoms with Gasteiger partial charge in [-0.3, -0.25) is 9.59 Å². The maximum absolute atomic E-state index is 12.5. The fourth-order valence-electron chi connectivity index (χ4n) is 2.75. The third-order valence-electron chi connectivity index (χ3n) is 4.07. The molecule has 2 atom stereocenters. The minimum atomic E-state index is -1.31. The van der Waals surface area contributed by atoms with Crippen LogP contribution in [-0.2, 0) is 14.3 Å². The van der Waals surface area contributed by atoms with Crippen LogP contribution >= 0.6 is 11.3 Å². The van der Waals surface area contributed by atoms with Gasteiger partial charge in [0, 0.05) is 11.9 Å². The molecule has 0 saturated carbocycles. The van der Waals surface area contributed by atoms with Gasteiger partial charge in [0.2, 0.25) is 5.91 Å². The van der Waals surface area contributed by atoms with Gasteiger partial charge >= 0.3 is 5.97 Å². The second-order valence-corrected chi connectivity index (χ2v) is 6.60. The summed E-state index contributed by atoms with van der Waals surface area (Å²) in [6.45, 7) is 1.52. The first-order chi connectivity index (χ1) is 11.8. The molecule has 134 valence electrons. The Labute approximate surface area is 147 Å². The number of rotatable bonds is 5. The molecule has 0 unspecified atom stereocenters. The Morgan fingerprint density at radius 2 is 1.84 bits per heavy atom. The molecular weight excluding hydrogens is 348 g/mol. The first-order valence-corrected chi connectivity index (χ1v) is 8.27. The molecule has 0 aromatic carbocycles. The highest BCUT2D eigenvalue weighted by Gasteiger charge is 2.32. The molecule has 1 aliphatic rings. The highest BCUT2D eigenvalue weighted by atomic mass is 32.1. The summed E-state index contributed by atoms with van der Waals surface area (Å²) in [5.74, 6) is -5.13. The van der Waals surface area contributed by atoms with E-state index >= 15 is 0 Å². The minimum Gasteiger partial charge on any atom is -0.550 e. The quantitative estimate of drug-likeness (QED) is 0.565. The lowest BCUT2D eigenvalue weighted by molar-refractivity contribution is -0.313. The van der Waals surface area contributed by atoms with Crippen LogP contribution in [0.2, 0.25) is 0 Å². The summed E-state index contributed by atoms with van der Waals surface area (Å²) in [7, 11) is 1.17. The summed E-state index contributed by atoms with van der Waals surface area (Å²) in [5, 5.41) is 13.9. The molecular formula is C16H17N2O6S-. The number of carboxylic acids is 1. The number of carbonyl (C=O) groups excluding carboxylic acids is 4. The Morgan fingerprint density at radius 1 is 1.24 bits per heavy atom. The maximum Gasteiger partial charge on any atom is 0.341 e. The van der Waals surface area contributed by atoms with Crippen molar-refractivity contribution >= 4 is 40.1 Å². The number of methoxy groups -OCH3 is 1. The predicted molar refractivity (Wildman–Crippen MR) is 87.9 cm³/mol. The lowest BCUT2D eigenvalue weighted by atomic mass is 9.82. The molecule has 8 nitrogen and oxygen atoms in total. The number of hydrogen-bond donors (Lipinski definition) is 2. The van der Waals surface area contributed by atoms with Crippen molar-refractivity contribution < 1.29 is 29.0 Å². The van der Waals surface area contributed by atoms with Gasteiger partial charge in [0.15, 0.2) is 0 Å². The van der Waals surface area contributed by atoms with Gasteiger partial charge in [-0.2, -0.15) is 0 Å². The van der Waals surface area contributed by atoms with Crippen LogP contribution in [0.25, 0.3) is 0 Å². The van der Waals surface area contributed by atoms with Crippen LogP contribution in [0.4, 0.5) is 5.00 Å². The summed E-state index contributed by atoms with van der Waals surface area (Å²) >= 11 is 0.851. The Balaban J connectivity index is 2.35. The third-order valence-corrected chi connectivity index (χ3v) is 5.29. The molecule has 25 heavy (non-hydrogen) atoms. The standard InChI is InChI=1S/C16H18N2O6S/c1-7-10(16(23)24-2)14(25-11(7)12(17)19)18-13(20)8-5-3-4-6-9(8)15(21)22/h3-4,8-9H,5-6H2,1-2H3,(H2,17,19)(H,18,20)(H,21,22)/p-1/t8-,9-/m1/s1. The number of amides is 2. The smallest absolute Gasteiger partial charge is 0.341 e. The van der Waals surface area contributed by atoms with E-state index in [1.54, 1.807) is 12.2 Å². The van der Waals surface area contributed by atoms with Crippen LogP contribution in [0.3, 0.4) is 0 Å². The summed E-state index contributed by atoms with van der Waals surface area (Å²) in [4.78, 5) is 47.4. The molecule has 3 N–H and O–H groups in total. The van der Waals surface area contributed by atoms with Crippen LogP contribution in [0.15, 0.2) is 12.2 Å². The number of ether oxygens (including phenoxy) is 1. The van der Waals surface area contributed by atoms with E-state index in [1.807, 2.05) is 0 Å². The maximum atomic E-state index is 12.5. The van der Waals surface area contributed by atoms with Crippen molar-refractivity contribution in [3.63, 3.8) is 0 Å². The Morgan fingerprint density at radius 3 is 2.36 bits per heavy atom. The molecule has 1 heterocycles. The van der Waals surface area contributed by atoms with E-state index in [0.29, 0.717) is 5.56 Å². The van der Waals surface area contributed by atoms with Gasteiger partial charge in [0.05, 0.1) is 23.5 Å². The molecule has 0 bridgehead atoms. The summed E-state index contributed by atoms with van der Waals surface area (Å²) in [6, 6.07) is 0. The zero-order valence-corrected chi connectivity index (χ0v) is 14.5. The fraction of sp³-hybridized carbons (Fsp3) is 0.375. The predicted octanol–water partition coefficient (Wildman–Crippen LogP) is 0.213. The van der Waals surface area contributed by atoms with Gasteiger partial charge in [0.1, 0.15) is 5.00 Å². The lowest BCUT2D eigenvalue weighted by Gasteiger charge is -2.28. The van der Waals surface area contributed by atoms with Crippen molar-refractivity contribution in [2.75, 3.05) is 12.4 Å². The fourth-order valence-corrected chi connectivity index (χ4v) is 3.80. The van der Waals surface area contributed by atoms with Crippen molar-refractivity contribution in [2.45, 2.75) is 19.8 Å². The average molecular weight is 365 g/mol. The number of allylic oxidation sites excluding steroid dienone is 2. The third kappa shape index (κ3) is 3.71. The number of hydrogen-bond acceptors (Lipinski definition) is 7. The largest absolute Gasteiger partial charge is 0.550 e. The van der Waals surface area contributed by atoms with Crippen molar-refractivity contribution in [2.24, 2.45) is 17.6 Å². The van der Waals surface area contributed by atoms with Gasteiger partial charge in [-0.1, -0.05) is 12.2 Å². The molecule has 2 amide bonds. The van der Waals surface area contributed by atoms with Gasteiger partial charge in [-0.15, -0.1) is 11.3 Å². The van der Waals surface area contributed by atoms with Crippen LogP contribution < -0.4 is 16.2 Å². The number of carboxylic acid groups (broad SMARTS) is 1. The SMILES string of the molecule is COC(=O)c1c(NC(=O)[C@@H]2CC=CC[C@H]2C(=O)[O-])sc(C(N)=O)c1C. The second kappa shape index (κ2) is 7.47. The van der Waals surface area contributed by atoms with E-state index in [-0.39, 0.29) is 28.3 Å². The Bertz CT molecular complexity index is 767. The number of anilines is 1. The van der Waals surface area contributed by atoms with Crippen LogP contribution in [0, 0.1) is 18.8 Å². The molecule has 0 aliphatic heterocycles. The zero-order valence-electron chi connectivity index (χ0n) is 13.7.